The molecule has 0 aliphatic rings. The summed E-state index contributed by atoms with van der Waals surface area (Å²) in [5.41, 5.74) is 0. The molecule has 0 bridgehead atoms. The van der Waals surface area contributed by atoms with Gasteiger partial charge in [0.05, 0.1) is 0 Å². The van der Waals surface area contributed by atoms with Crippen LogP contribution in [0.25, 0.3) is 0 Å². The SMILES string of the molecule is O=C(CCl)Nc1nc(C(Cl)(Cl)Cl)ns1. The van der Waals surface area contributed by atoms with Crippen LogP contribution in [0, 0.1) is 0 Å². The quantitative estimate of drug-likeness (QED) is 0.853. The zero-order valence-corrected chi connectivity index (χ0v) is 10.3. The lowest BCUT2D eigenvalue weighted by molar-refractivity contribution is -0.113. The van der Waals surface area contributed by atoms with Crippen molar-refractivity contribution in [2.75, 3.05) is 11.2 Å². The van der Waals surface area contributed by atoms with Gasteiger partial charge in [-0.2, -0.15) is 9.36 Å². The van der Waals surface area contributed by atoms with E-state index < -0.39 is 9.70 Å². The third kappa shape index (κ3) is 3.40. The summed E-state index contributed by atoms with van der Waals surface area (Å²) in [4.78, 5) is 14.6. The van der Waals surface area contributed by atoms with E-state index in [2.05, 4.69) is 14.7 Å². The number of nitrogens with one attached hydrogen (secondary N) is 1. The monoisotopic (exact) mass is 293 g/mol. The normalized spacial score (nSPS) is 11.4. The summed E-state index contributed by atoms with van der Waals surface area (Å²) in [6.45, 7) is 0. The Labute approximate surface area is 104 Å². The number of halogens is 4. The Morgan fingerprint density at radius 1 is 1.50 bits per heavy atom. The molecule has 1 amide bonds. The molecule has 78 valence electrons. The molecule has 0 aliphatic carbocycles. The van der Waals surface area contributed by atoms with Crippen molar-refractivity contribution in [1.29, 1.82) is 0 Å². The van der Waals surface area contributed by atoms with Crippen molar-refractivity contribution in [3.8, 4) is 0 Å². The first-order chi connectivity index (χ1) is 6.43. The maximum Gasteiger partial charge on any atom is 0.251 e. The Kier molecular flexibility index (Phi) is 4.21. The lowest BCUT2D eigenvalue weighted by atomic mass is 10.7. The van der Waals surface area contributed by atoms with E-state index >= 15 is 0 Å². The number of amides is 1. The fourth-order valence-corrected chi connectivity index (χ4v) is 1.65. The number of nitrogens with zero attached hydrogens (tertiary/aromatic N) is 2. The molecule has 0 saturated heterocycles. The van der Waals surface area contributed by atoms with Crippen LogP contribution in [-0.4, -0.2) is 21.1 Å². The van der Waals surface area contributed by atoms with E-state index in [0.29, 0.717) is 0 Å². The molecule has 1 N–H and O–H groups in total. The topological polar surface area (TPSA) is 54.9 Å². The maximum absolute atomic E-state index is 10.8. The molecule has 1 heterocycles. The highest BCUT2D eigenvalue weighted by atomic mass is 35.6. The molecular formula is C5H3Cl4N3OS. The second-order valence-corrected chi connectivity index (χ2v) is 5.40. The predicted octanol–water partition coefficient (Wildman–Crippen LogP) is 2.54. The molecule has 0 saturated carbocycles. The highest BCUT2D eigenvalue weighted by Crippen LogP contribution is 2.37. The number of rotatable bonds is 2. The van der Waals surface area contributed by atoms with Gasteiger partial charge < -0.3 is 0 Å². The summed E-state index contributed by atoms with van der Waals surface area (Å²) in [6.07, 6.45) is 0. The van der Waals surface area contributed by atoms with E-state index in [0.717, 1.165) is 11.5 Å². The maximum atomic E-state index is 10.8. The van der Waals surface area contributed by atoms with Crippen LogP contribution in [0.15, 0.2) is 0 Å². The van der Waals surface area contributed by atoms with Crippen molar-refractivity contribution in [3.05, 3.63) is 5.82 Å². The first-order valence-corrected chi connectivity index (χ1v) is 5.64. The smallest absolute Gasteiger partial charge is 0.251 e. The van der Waals surface area contributed by atoms with Gasteiger partial charge in [-0.25, -0.2) is 0 Å². The second-order valence-electron chi connectivity index (χ2n) is 2.10. The van der Waals surface area contributed by atoms with Gasteiger partial charge in [0.15, 0.2) is 5.82 Å². The van der Waals surface area contributed by atoms with Crippen LogP contribution >= 0.6 is 57.9 Å². The minimum atomic E-state index is -1.68. The Morgan fingerprint density at radius 2 is 2.14 bits per heavy atom. The molecule has 1 aromatic rings. The molecule has 1 rings (SSSR count). The summed E-state index contributed by atoms with van der Waals surface area (Å²) in [7, 11) is 0. The van der Waals surface area contributed by atoms with E-state index in [9.17, 15) is 4.79 Å². The molecule has 0 radical (unpaired) electrons. The number of aromatic nitrogens is 2. The van der Waals surface area contributed by atoms with Crippen LogP contribution in [0.2, 0.25) is 0 Å². The number of anilines is 1. The van der Waals surface area contributed by atoms with Crippen molar-refractivity contribution >= 4 is 69.0 Å². The summed E-state index contributed by atoms with van der Waals surface area (Å²) < 4.78 is 2.07. The van der Waals surface area contributed by atoms with Crippen molar-refractivity contribution in [2.24, 2.45) is 0 Å². The number of hydrogen-bond acceptors (Lipinski definition) is 4. The lowest BCUT2D eigenvalue weighted by Gasteiger charge is -2.03. The molecule has 4 nitrogen and oxygen atoms in total. The zero-order chi connectivity index (χ0) is 10.8. The predicted molar refractivity (Wildman–Crippen MR) is 58.5 cm³/mol. The molecule has 0 atom stereocenters. The fourth-order valence-electron chi connectivity index (χ4n) is 0.542. The second kappa shape index (κ2) is 4.81. The van der Waals surface area contributed by atoms with Gasteiger partial charge in [0.2, 0.25) is 11.0 Å². The van der Waals surface area contributed by atoms with Crippen LogP contribution in [0.3, 0.4) is 0 Å². The Bertz CT molecular complexity index is 336. The summed E-state index contributed by atoms with van der Waals surface area (Å²) >= 11 is 22.7. The van der Waals surface area contributed by atoms with Gasteiger partial charge in [-0.15, -0.1) is 11.6 Å². The molecule has 0 aliphatic heterocycles. The van der Waals surface area contributed by atoms with Crippen LogP contribution in [-0.2, 0) is 8.59 Å². The highest BCUT2D eigenvalue weighted by Gasteiger charge is 2.28. The number of carbonyl (C=O) groups excluding carboxylic acids is 1. The largest absolute Gasteiger partial charge is 0.300 e. The van der Waals surface area contributed by atoms with Gasteiger partial charge in [-0.05, 0) is 0 Å². The third-order valence-electron chi connectivity index (χ3n) is 1.05. The van der Waals surface area contributed by atoms with Crippen LogP contribution < -0.4 is 5.32 Å². The molecule has 14 heavy (non-hydrogen) atoms. The zero-order valence-electron chi connectivity index (χ0n) is 6.43. The van der Waals surface area contributed by atoms with Crippen molar-refractivity contribution < 1.29 is 4.79 Å². The van der Waals surface area contributed by atoms with Crippen LogP contribution in [0.4, 0.5) is 5.13 Å². The standard InChI is InChI=1S/C5H3Cl4N3OS/c6-1-2(13)10-4-11-3(12-14-4)5(7,8)9/h1H2,(H,10,11,12,13). The van der Waals surface area contributed by atoms with Gasteiger partial charge in [-0.3, -0.25) is 10.1 Å². The molecule has 0 aromatic carbocycles. The molecule has 1 aromatic heterocycles. The average Bonchev–Trinajstić information content (AvgIpc) is 2.51. The lowest BCUT2D eigenvalue weighted by Crippen LogP contribution is -2.12. The van der Waals surface area contributed by atoms with Gasteiger partial charge in [0.25, 0.3) is 3.79 Å². The van der Waals surface area contributed by atoms with Crippen LogP contribution in [0.1, 0.15) is 5.82 Å². The number of carbonyl (C=O) groups is 1. The van der Waals surface area contributed by atoms with E-state index in [1.54, 1.807) is 0 Å². The van der Waals surface area contributed by atoms with E-state index in [1.165, 1.54) is 0 Å². The number of hydrogen-bond donors (Lipinski definition) is 1. The summed E-state index contributed by atoms with van der Waals surface area (Å²) in [5, 5.41) is 2.63. The Balaban J connectivity index is 2.74. The van der Waals surface area contributed by atoms with E-state index in [1.807, 2.05) is 0 Å². The molecule has 0 spiro atoms. The molecular weight excluding hydrogens is 292 g/mol. The first kappa shape index (κ1) is 12.3. The van der Waals surface area contributed by atoms with Crippen LogP contribution in [0.5, 0.6) is 0 Å². The summed E-state index contributed by atoms with van der Waals surface area (Å²) in [5.74, 6) is -0.529. The Morgan fingerprint density at radius 3 is 2.57 bits per heavy atom. The van der Waals surface area contributed by atoms with Gasteiger partial charge >= 0.3 is 0 Å². The summed E-state index contributed by atoms with van der Waals surface area (Å²) in [6, 6.07) is 0. The molecule has 9 heteroatoms. The van der Waals surface area contributed by atoms with E-state index in [-0.39, 0.29) is 16.8 Å². The average molecular weight is 295 g/mol. The fraction of sp³-hybridized carbons (Fsp3) is 0.400. The molecule has 0 unspecified atom stereocenters. The van der Waals surface area contributed by atoms with Crippen molar-refractivity contribution in [2.45, 2.75) is 3.79 Å². The van der Waals surface area contributed by atoms with Gasteiger partial charge in [0.1, 0.15) is 5.88 Å². The number of alkyl halides is 4. The Hall–Kier alpha value is 0.190. The van der Waals surface area contributed by atoms with Gasteiger partial charge in [-0.1, -0.05) is 34.8 Å². The van der Waals surface area contributed by atoms with Crippen molar-refractivity contribution in [1.82, 2.24) is 9.36 Å². The minimum absolute atomic E-state index is 0.0253. The minimum Gasteiger partial charge on any atom is -0.300 e. The third-order valence-corrected chi connectivity index (χ3v) is 2.43. The highest BCUT2D eigenvalue weighted by molar-refractivity contribution is 7.10. The first-order valence-electron chi connectivity index (χ1n) is 3.20. The van der Waals surface area contributed by atoms with Gasteiger partial charge in [0, 0.05) is 11.5 Å². The van der Waals surface area contributed by atoms with E-state index in [4.69, 9.17) is 46.4 Å². The van der Waals surface area contributed by atoms with Crippen molar-refractivity contribution in [3.63, 3.8) is 0 Å². The molecule has 0 fully saturated rings.